The summed E-state index contributed by atoms with van der Waals surface area (Å²) in [6.45, 7) is 3.36. The molecule has 0 aliphatic carbocycles. The lowest BCUT2D eigenvalue weighted by atomic mass is 10.1. The van der Waals surface area contributed by atoms with Crippen molar-refractivity contribution in [3.05, 3.63) is 23.9 Å². The number of pyridine rings is 1. The minimum absolute atomic E-state index is 0.182. The van der Waals surface area contributed by atoms with Crippen LogP contribution in [0.1, 0.15) is 19.4 Å². The van der Waals surface area contributed by atoms with E-state index in [-0.39, 0.29) is 12.4 Å². The van der Waals surface area contributed by atoms with Crippen molar-refractivity contribution in [3.63, 3.8) is 0 Å². The average Bonchev–Trinajstić information content (AvgIpc) is 2.14. The van der Waals surface area contributed by atoms with E-state index in [4.69, 9.17) is 0 Å². The summed E-state index contributed by atoms with van der Waals surface area (Å²) in [7, 11) is 1.58. The number of hydrogen-bond acceptors (Lipinski definition) is 3. The zero-order valence-corrected chi connectivity index (χ0v) is 9.91. The van der Waals surface area contributed by atoms with Gasteiger partial charge in [-0.25, -0.2) is 4.98 Å². The zero-order chi connectivity index (χ0) is 13.3. The standard InChI is InChI=1S/C11H15F3N2O/c1-10(2,17)7-16(3)9-6-8(4-5-15-9)11(12,13)14/h4-6,17H,7H2,1-3H3. The van der Waals surface area contributed by atoms with Gasteiger partial charge >= 0.3 is 6.18 Å². The van der Waals surface area contributed by atoms with E-state index in [1.807, 2.05) is 0 Å². The summed E-state index contributed by atoms with van der Waals surface area (Å²) >= 11 is 0. The first-order valence-electron chi connectivity index (χ1n) is 5.06. The predicted molar refractivity (Wildman–Crippen MR) is 58.8 cm³/mol. The number of rotatable bonds is 3. The summed E-state index contributed by atoms with van der Waals surface area (Å²) in [5.74, 6) is 0.182. The fourth-order valence-corrected chi connectivity index (χ4v) is 1.46. The summed E-state index contributed by atoms with van der Waals surface area (Å²) in [5, 5.41) is 9.59. The van der Waals surface area contributed by atoms with Crippen molar-refractivity contribution in [1.29, 1.82) is 0 Å². The van der Waals surface area contributed by atoms with Crippen LogP contribution in [0.5, 0.6) is 0 Å². The van der Waals surface area contributed by atoms with E-state index in [1.165, 1.54) is 4.90 Å². The van der Waals surface area contributed by atoms with Crippen LogP contribution in [-0.4, -0.2) is 29.3 Å². The maximum absolute atomic E-state index is 12.5. The van der Waals surface area contributed by atoms with Crippen LogP contribution in [0.15, 0.2) is 18.3 Å². The van der Waals surface area contributed by atoms with Crippen molar-refractivity contribution < 1.29 is 18.3 Å². The number of alkyl halides is 3. The van der Waals surface area contributed by atoms with Crippen LogP contribution < -0.4 is 4.90 Å². The molecule has 0 atom stereocenters. The molecule has 0 bridgehead atoms. The highest BCUT2D eigenvalue weighted by atomic mass is 19.4. The Balaban J connectivity index is 2.92. The van der Waals surface area contributed by atoms with Crippen molar-refractivity contribution in [2.75, 3.05) is 18.5 Å². The Morgan fingerprint density at radius 2 is 1.94 bits per heavy atom. The van der Waals surface area contributed by atoms with Gasteiger partial charge in [-0.05, 0) is 26.0 Å². The molecule has 1 aromatic rings. The SMILES string of the molecule is CN(CC(C)(C)O)c1cc(C(F)(F)F)ccn1. The van der Waals surface area contributed by atoms with Gasteiger partial charge in [-0.15, -0.1) is 0 Å². The second-order valence-electron chi connectivity index (χ2n) is 4.57. The molecule has 0 unspecified atom stereocenters. The molecule has 1 aromatic heterocycles. The fourth-order valence-electron chi connectivity index (χ4n) is 1.46. The van der Waals surface area contributed by atoms with Crippen LogP contribution in [0.2, 0.25) is 0 Å². The van der Waals surface area contributed by atoms with Gasteiger partial charge < -0.3 is 10.0 Å². The second kappa shape index (κ2) is 4.52. The largest absolute Gasteiger partial charge is 0.416 e. The number of aliphatic hydroxyl groups is 1. The number of likely N-dealkylation sites (N-methyl/N-ethyl adjacent to an activating group) is 1. The number of aromatic nitrogens is 1. The van der Waals surface area contributed by atoms with E-state index in [0.29, 0.717) is 0 Å². The highest BCUT2D eigenvalue weighted by Crippen LogP contribution is 2.30. The molecule has 1 heterocycles. The van der Waals surface area contributed by atoms with Crippen molar-refractivity contribution in [3.8, 4) is 0 Å². The van der Waals surface area contributed by atoms with Crippen LogP contribution >= 0.6 is 0 Å². The van der Waals surface area contributed by atoms with Gasteiger partial charge in [0.25, 0.3) is 0 Å². The monoisotopic (exact) mass is 248 g/mol. The highest BCUT2D eigenvalue weighted by molar-refractivity contribution is 5.41. The Morgan fingerprint density at radius 3 is 2.41 bits per heavy atom. The molecule has 96 valence electrons. The third-order valence-electron chi connectivity index (χ3n) is 2.09. The van der Waals surface area contributed by atoms with Crippen molar-refractivity contribution in [2.24, 2.45) is 0 Å². The number of anilines is 1. The molecule has 0 saturated heterocycles. The molecular weight excluding hydrogens is 233 g/mol. The third-order valence-corrected chi connectivity index (χ3v) is 2.09. The first kappa shape index (κ1) is 13.8. The van der Waals surface area contributed by atoms with E-state index in [2.05, 4.69) is 4.98 Å². The molecule has 0 aliphatic rings. The minimum Gasteiger partial charge on any atom is -0.389 e. The van der Waals surface area contributed by atoms with Gasteiger partial charge in [-0.3, -0.25) is 0 Å². The lowest BCUT2D eigenvalue weighted by molar-refractivity contribution is -0.137. The summed E-state index contributed by atoms with van der Waals surface area (Å²) in [5.41, 5.74) is -1.74. The van der Waals surface area contributed by atoms with E-state index < -0.39 is 17.3 Å². The maximum atomic E-state index is 12.5. The Morgan fingerprint density at radius 1 is 1.35 bits per heavy atom. The minimum atomic E-state index is -4.38. The summed E-state index contributed by atoms with van der Waals surface area (Å²) in [6.07, 6.45) is -3.27. The molecule has 0 spiro atoms. The lowest BCUT2D eigenvalue weighted by Gasteiger charge is -2.26. The first-order chi connectivity index (χ1) is 7.59. The molecule has 0 saturated carbocycles. The van der Waals surface area contributed by atoms with Crippen LogP contribution in [0.4, 0.5) is 19.0 Å². The van der Waals surface area contributed by atoms with Gasteiger partial charge in [0.05, 0.1) is 11.2 Å². The number of hydrogen-bond donors (Lipinski definition) is 1. The molecule has 0 aromatic carbocycles. The fraction of sp³-hybridized carbons (Fsp3) is 0.545. The van der Waals surface area contributed by atoms with E-state index >= 15 is 0 Å². The van der Waals surface area contributed by atoms with E-state index in [1.54, 1.807) is 20.9 Å². The molecule has 17 heavy (non-hydrogen) atoms. The Labute approximate surface area is 97.9 Å². The summed E-state index contributed by atoms with van der Waals surface area (Å²) in [6, 6.07) is 1.88. The molecular formula is C11H15F3N2O. The van der Waals surface area contributed by atoms with E-state index in [9.17, 15) is 18.3 Å². The zero-order valence-electron chi connectivity index (χ0n) is 9.91. The Bertz CT molecular complexity index is 385. The van der Waals surface area contributed by atoms with Gasteiger partial charge in [0, 0.05) is 19.8 Å². The summed E-state index contributed by atoms with van der Waals surface area (Å²) in [4.78, 5) is 5.33. The quantitative estimate of drug-likeness (QED) is 0.891. The molecule has 1 N–H and O–H groups in total. The maximum Gasteiger partial charge on any atom is 0.416 e. The van der Waals surface area contributed by atoms with Crippen molar-refractivity contribution >= 4 is 5.82 Å². The molecule has 0 aliphatic heterocycles. The molecule has 1 rings (SSSR count). The molecule has 0 amide bonds. The smallest absolute Gasteiger partial charge is 0.389 e. The van der Waals surface area contributed by atoms with Crippen molar-refractivity contribution in [1.82, 2.24) is 4.98 Å². The van der Waals surface area contributed by atoms with Gasteiger partial charge in [0.1, 0.15) is 5.82 Å². The van der Waals surface area contributed by atoms with Gasteiger partial charge in [0.2, 0.25) is 0 Å². The van der Waals surface area contributed by atoms with Gasteiger partial charge in [-0.2, -0.15) is 13.2 Å². The van der Waals surface area contributed by atoms with E-state index in [0.717, 1.165) is 18.3 Å². The first-order valence-corrected chi connectivity index (χ1v) is 5.06. The second-order valence-corrected chi connectivity index (χ2v) is 4.57. The molecule has 6 heteroatoms. The number of nitrogens with zero attached hydrogens (tertiary/aromatic N) is 2. The third kappa shape index (κ3) is 4.22. The van der Waals surface area contributed by atoms with Gasteiger partial charge in [0.15, 0.2) is 0 Å². The highest BCUT2D eigenvalue weighted by Gasteiger charge is 2.31. The average molecular weight is 248 g/mol. The lowest BCUT2D eigenvalue weighted by Crippen LogP contribution is -2.36. The molecule has 0 radical (unpaired) electrons. The molecule has 3 nitrogen and oxygen atoms in total. The van der Waals surface area contributed by atoms with Crippen LogP contribution in [0.25, 0.3) is 0 Å². The topological polar surface area (TPSA) is 36.4 Å². The van der Waals surface area contributed by atoms with Crippen LogP contribution in [0.3, 0.4) is 0 Å². The number of halogens is 3. The van der Waals surface area contributed by atoms with Crippen LogP contribution in [-0.2, 0) is 6.18 Å². The Hall–Kier alpha value is -1.30. The van der Waals surface area contributed by atoms with Crippen LogP contribution in [0, 0.1) is 0 Å². The van der Waals surface area contributed by atoms with Gasteiger partial charge in [-0.1, -0.05) is 0 Å². The molecule has 0 fully saturated rings. The summed E-state index contributed by atoms with van der Waals surface area (Å²) < 4.78 is 37.4. The normalized spacial score (nSPS) is 12.6. The predicted octanol–water partition coefficient (Wildman–Crippen LogP) is 2.31. The Kier molecular flexibility index (Phi) is 3.66. The van der Waals surface area contributed by atoms with Crippen molar-refractivity contribution in [2.45, 2.75) is 25.6 Å².